The van der Waals surface area contributed by atoms with E-state index in [2.05, 4.69) is 6.07 Å². The highest BCUT2D eigenvalue weighted by Crippen LogP contribution is 2.37. The molecule has 1 amide bonds. The first kappa shape index (κ1) is 21.9. The summed E-state index contributed by atoms with van der Waals surface area (Å²) in [4.78, 5) is 20.0. The third kappa shape index (κ3) is 4.62. The fourth-order valence-corrected chi connectivity index (χ4v) is 4.45. The lowest BCUT2D eigenvalue weighted by atomic mass is 10.0. The Morgan fingerprint density at radius 2 is 2.06 bits per heavy atom. The Hall–Kier alpha value is -2.87. The van der Waals surface area contributed by atoms with E-state index in [1.54, 1.807) is 12.0 Å². The fourth-order valence-electron chi connectivity index (χ4n) is 4.26. The Kier molecular flexibility index (Phi) is 6.35. The molecule has 1 fully saturated rings. The molecule has 0 N–H and O–H groups in total. The summed E-state index contributed by atoms with van der Waals surface area (Å²) in [6.07, 6.45) is 1.23. The number of benzene rings is 2. The van der Waals surface area contributed by atoms with Crippen LogP contribution in [0.1, 0.15) is 18.4 Å². The van der Waals surface area contributed by atoms with Crippen LogP contribution in [0.5, 0.6) is 11.5 Å². The van der Waals surface area contributed by atoms with Crippen molar-refractivity contribution in [1.82, 2.24) is 9.88 Å². The summed E-state index contributed by atoms with van der Waals surface area (Å²) in [7, 11) is 1.63. The maximum Gasteiger partial charge on any atom is 0.252 e. The van der Waals surface area contributed by atoms with E-state index in [1.165, 1.54) is 0 Å². The predicted octanol–water partition coefficient (Wildman–Crippen LogP) is 4.44. The number of halogens is 1. The number of rotatable bonds is 7. The van der Waals surface area contributed by atoms with Crippen molar-refractivity contribution in [2.45, 2.75) is 25.5 Å². The van der Waals surface area contributed by atoms with E-state index in [4.69, 9.17) is 35.5 Å². The minimum absolute atomic E-state index is 0.0209. The number of hydrogen-bond donors (Lipinski definition) is 0. The fraction of sp³-hybridized carbons (Fsp3) is 0.360. The molecule has 1 atom stereocenters. The van der Waals surface area contributed by atoms with Crippen LogP contribution in [0, 0.1) is 0 Å². The first-order chi connectivity index (χ1) is 16.1. The minimum Gasteiger partial charge on any atom is -0.454 e. The van der Waals surface area contributed by atoms with Gasteiger partial charge in [0.2, 0.25) is 6.79 Å². The zero-order valence-electron chi connectivity index (χ0n) is 18.4. The molecule has 2 aliphatic heterocycles. The van der Waals surface area contributed by atoms with E-state index in [-0.39, 0.29) is 12.7 Å². The van der Waals surface area contributed by atoms with Crippen LogP contribution < -0.4 is 9.47 Å². The molecule has 0 radical (unpaired) electrons. The van der Waals surface area contributed by atoms with Crippen molar-refractivity contribution >= 4 is 28.4 Å². The van der Waals surface area contributed by atoms with Crippen molar-refractivity contribution in [1.29, 1.82) is 0 Å². The van der Waals surface area contributed by atoms with Gasteiger partial charge in [0.1, 0.15) is 6.10 Å². The molecule has 3 heterocycles. The van der Waals surface area contributed by atoms with Gasteiger partial charge in [-0.25, -0.2) is 4.98 Å². The Morgan fingerprint density at radius 1 is 1.21 bits per heavy atom. The normalized spacial score (nSPS) is 17.0. The smallest absolute Gasteiger partial charge is 0.252 e. The van der Waals surface area contributed by atoms with E-state index < -0.39 is 6.10 Å². The third-order valence-corrected chi connectivity index (χ3v) is 6.16. The predicted molar refractivity (Wildman–Crippen MR) is 125 cm³/mol. The molecule has 0 bridgehead atoms. The molecule has 8 heteroatoms. The number of carbonyl (C=O) groups is 1. The number of aromatic nitrogens is 1. The van der Waals surface area contributed by atoms with Crippen molar-refractivity contribution in [2.75, 3.05) is 33.7 Å². The molecule has 33 heavy (non-hydrogen) atoms. The Morgan fingerprint density at radius 3 is 2.82 bits per heavy atom. The summed E-state index contributed by atoms with van der Waals surface area (Å²) in [6, 6.07) is 13.4. The molecule has 1 aromatic heterocycles. The molecule has 0 aliphatic carbocycles. The standard InChI is InChI=1S/C25H25ClN2O5/c1-30-9-7-28(25(29)21-6-3-8-31-21)14-18-10-17-12-22-23(33-15-32-22)13-20(17)27-24(18)16-4-2-5-19(26)11-16/h2,4-5,10-13,21H,3,6-9,14-15H2,1H3. The van der Waals surface area contributed by atoms with Gasteiger partial charge in [-0.1, -0.05) is 23.7 Å². The lowest BCUT2D eigenvalue weighted by Crippen LogP contribution is -2.40. The van der Waals surface area contributed by atoms with Gasteiger partial charge in [-0.05, 0) is 42.7 Å². The van der Waals surface area contributed by atoms with E-state index >= 15 is 0 Å². The van der Waals surface area contributed by atoms with Crippen molar-refractivity contribution in [3.63, 3.8) is 0 Å². The summed E-state index contributed by atoms with van der Waals surface area (Å²) < 4.78 is 22.0. The van der Waals surface area contributed by atoms with Crippen molar-refractivity contribution in [3.05, 3.63) is 53.1 Å². The van der Waals surface area contributed by atoms with Gasteiger partial charge in [0.25, 0.3) is 5.91 Å². The summed E-state index contributed by atoms with van der Waals surface area (Å²) in [6.45, 7) is 2.09. The van der Waals surface area contributed by atoms with E-state index in [9.17, 15) is 4.79 Å². The van der Waals surface area contributed by atoms with Crippen LogP contribution in [0.4, 0.5) is 0 Å². The largest absolute Gasteiger partial charge is 0.454 e. The van der Waals surface area contributed by atoms with Crippen LogP contribution >= 0.6 is 11.6 Å². The summed E-state index contributed by atoms with van der Waals surface area (Å²) in [5.41, 5.74) is 3.35. The first-order valence-corrected chi connectivity index (χ1v) is 11.4. The lowest BCUT2D eigenvalue weighted by Gasteiger charge is -2.26. The maximum atomic E-state index is 13.2. The molecule has 1 unspecified atom stereocenters. The number of methoxy groups -OCH3 is 1. The van der Waals surface area contributed by atoms with Crippen molar-refractivity contribution in [3.8, 4) is 22.8 Å². The van der Waals surface area contributed by atoms with E-state index in [0.717, 1.165) is 40.6 Å². The van der Waals surface area contributed by atoms with Crippen LogP contribution in [0.3, 0.4) is 0 Å². The number of carbonyl (C=O) groups excluding carboxylic acids is 1. The quantitative estimate of drug-likeness (QED) is 0.510. The summed E-state index contributed by atoms with van der Waals surface area (Å²) >= 11 is 6.29. The van der Waals surface area contributed by atoms with Crippen LogP contribution in [-0.4, -0.2) is 55.6 Å². The highest BCUT2D eigenvalue weighted by Gasteiger charge is 2.29. The molecule has 5 rings (SSSR count). The highest BCUT2D eigenvalue weighted by molar-refractivity contribution is 6.30. The number of amides is 1. The molecule has 0 spiro atoms. The van der Waals surface area contributed by atoms with Crippen LogP contribution in [0.2, 0.25) is 5.02 Å². The van der Waals surface area contributed by atoms with Gasteiger partial charge in [-0.15, -0.1) is 0 Å². The monoisotopic (exact) mass is 468 g/mol. The second-order valence-corrected chi connectivity index (χ2v) is 8.60. The molecular weight excluding hydrogens is 444 g/mol. The molecular formula is C25H25ClN2O5. The number of fused-ring (bicyclic) bond motifs is 2. The van der Waals surface area contributed by atoms with Crippen LogP contribution in [-0.2, 0) is 20.8 Å². The minimum atomic E-state index is -0.404. The zero-order valence-corrected chi connectivity index (χ0v) is 19.1. The van der Waals surface area contributed by atoms with Gasteiger partial charge in [0.05, 0.1) is 17.8 Å². The van der Waals surface area contributed by atoms with Gasteiger partial charge < -0.3 is 23.8 Å². The summed E-state index contributed by atoms with van der Waals surface area (Å²) in [5, 5.41) is 1.54. The molecule has 0 saturated carbocycles. The highest BCUT2D eigenvalue weighted by atomic mass is 35.5. The SMILES string of the molecule is COCCN(Cc1cc2cc3c(cc2nc1-c1cccc(Cl)c1)OCO3)C(=O)C1CCCO1. The van der Waals surface area contributed by atoms with Gasteiger partial charge in [-0.3, -0.25) is 4.79 Å². The molecule has 1 saturated heterocycles. The van der Waals surface area contributed by atoms with E-state index in [1.807, 2.05) is 36.4 Å². The molecule has 172 valence electrons. The van der Waals surface area contributed by atoms with Crippen molar-refractivity contribution in [2.24, 2.45) is 0 Å². The van der Waals surface area contributed by atoms with Gasteiger partial charge >= 0.3 is 0 Å². The average molecular weight is 469 g/mol. The molecule has 7 nitrogen and oxygen atoms in total. The second-order valence-electron chi connectivity index (χ2n) is 8.16. The Balaban J connectivity index is 1.58. The zero-order chi connectivity index (χ0) is 22.8. The molecule has 3 aromatic rings. The number of pyridine rings is 1. The van der Waals surface area contributed by atoms with E-state index in [0.29, 0.717) is 42.8 Å². The topological polar surface area (TPSA) is 70.1 Å². The van der Waals surface area contributed by atoms with Gasteiger partial charge in [-0.2, -0.15) is 0 Å². The van der Waals surface area contributed by atoms with Crippen LogP contribution in [0.25, 0.3) is 22.2 Å². The van der Waals surface area contributed by atoms with Crippen molar-refractivity contribution < 1.29 is 23.7 Å². The van der Waals surface area contributed by atoms with Gasteiger partial charge in [0.15, 0.2) is 11.5 Å². The van der Waals surface area contributed by atoms with Gasteiger partial charge in [0, 0.05) is 48.8 Å². The summed E-state index contributed by atoms with van der Waals surface area (Å²) in [5.74, 6) is 1.35. The molecule has 2 aliphatic rings. The Labute approximate surface area is 197 Å². The Bertz CT molecular complexity index is 1180. The third-order valence-electron chi connectivity index (χ3n) is 5.93. The first-order valence-electron chi connectivity index (χ1n) is 11.0. The second kappa shape index (κ2) is 9.55. The molecule has 2 aromatic carbocycles. The maximum absolute atomic E-state index is 13.2. The average Bonchev–Trinajstić information content (AvgIpc) is 3.51. The number of ether oxygens (including phenoxy) is 4. The number of nitrogens with zero attached hydrogens (tertiary/aromatic N) is 2. The van der Waals surface area contributed by atoms with Crippen LogP contribution in [0.15, 0.2) is 42.5 Å². The number of hydrogen-bond acceptors (Lipinski definition) is 6. The lowest BCUT2D eigenvalue weighted by molar-refractivity contribution is -0.142.